The molecular weight excluding hydrogens is 234 g/mol. The first-order valence-corrected chi connectivity index (χ1v) is 5.51. The van der Waals surface area contributed by atoms with Crippen LogP contribution in [-0.4, -0.2) is 35.7 Å². The molecule has 3 N–H and O–H groups in total. The number of nitrogens with zero attached hydrogens (tertiary/aromatic N) is 1. The zero-order valence-corrected chi connectivity index (χ0v) is 9.90. The lowest BCUT2D eigenvalue weighted by atomic mass is 10.1. The van der Waals surface area contributed by atoms with Gasteiger partial charge in [0.15, 0.2) is 0 Å². The van der Waals surface area contributed by atoms with E-state index in [-0.39, 0.29) is 30.8 Å². The SMILES string of the molecule is CC(=O)NCCN1C(=O)c2ccc(N)cc2C1=O. The van der Waals surface area contributed by atoms with Crippen LogP contribution in [0.2, 0.25) is 0 Å². The Morgan fingerprint density at radius 2 is 1.94 bits per heavy atom. The minimum absolute atomic E-state index is 0.159. The zero-order chi connectivity index (χ0) is 13.3. The van der Waals surface area contributed by atoms with E-state index in [1.54, 1.807) is 12.1 Å². The lowest BCUT2D eigenvalue weighted by Crippen LogP contribution is -2.37. The summed E-state index contributed by atoms with van der Waals surface area (Å²) < 4.78 is 0. The van der Waals surface area contributed by atoms with Crippen molar-refractivity contribution in [3.63, 3.8) is 0 Å². The lowest BCUT2D eigenvalue weighted by Gasteiger charge is -2.13. The summed E-state index contributed by atoms with van der Waals surface area (Å²) in [5.74, 6) is -0.913. The van der Waals surface area contributed by atoms with E-state index in [1.807, 2.05) is 0 Å². The summed E-state index contributed by atoms with van der Waals surface area (Å²) in [4.78, 5) is 35.8. The van der Waals surface area contributed by atoms with Gasteiger partial charge in [0.25, 0.3) is 11.8 Å². The molecule has 2 rings (SSSR count). The Labute approximate surface area is 104 Å². The largest absolute Gasteiger partial charge is 0.399 e. The molecule has 1 heterocycles. The van der Waals surface area contributed by atoms with Gasteiger partial charge < -0.3 is 11.1 Å². The maximum atomic E-state index is 12.0. The molecule has 0 radical (unpaired) electrons. The van der Waals surface area contributed by atoms with Gasteiger partial charge in [0.05, 0.1) is 11.1 Å². The number of anilines is 1. The number of hydrogen-bond acceptors (Lipinski definition) is 4. The molecule has 18 heavy (non-hydrogen) atoms. The Hall–Kier alpha value is -2.37. The Bertz CT molecular complexity index is 539. The minimum Gasteiger partial charge on any atom is -0.399 e. The maximum Gasteiger partial charge on any atom is 0.261 e. The Morgan fingerprint density at radius 1 is 1.28 bits per heavy atom. The second kappa shape index (κ2) is 4.48. The van der Waals surface area contributed by atoms with Crippen LogP contribution in [0.1, 0.15) is 27.6 Å². The number of carbonyl (C=O) groups excluding carboxylic acids is 3. The van der Waals surface area contributed by atoms with Gasteiger partial charge in [-0.3, -0.25) is 19.3 Å². The fraction of sp³-hybridized carbons (Fsp3) is 0.250. The lowest BCUT2D eigenvalue weighted by molar-refractivity contribution is -0.119. The number of nitrogens with one attached hydrogen (secondary N) is 1. The highest BCUT2D eigenvalue weighted by molar-refractivity contribution is 6.21. The van der Waals surface area contributed by atoms with Gasteiger partial charge in [0, 0.05) is 25.7 Å². The van der Waals surface area contributed by atoms with E-state index in [4.69, 9.17) is 5.73 Å². The van der Waals surface area contributed by atoms with Crippen molar-refractivity contribution in [2.75, 3.05) is 18.8 Å². The Kier molecular flexibility index (Phi) is 3.01. The molecule has 0 aliphatic carbocycles. The van der Waals surface area contributed by atoms with Gasteiger partial charge >= 0.3 is 0 Å². The molecule has 0 unspecified atom stereocenters. The van der Waals surface area contributed by atoms with E-state index < -0.39 is 0 Å². The van der Waals surface area contributed by atoms with Crippen molar-refractivity contribution < 1.29 is 14.4 Å². The molecule has 0 bridgehead atoms. The molecule has 0 aromatic heterocycles. The second-order valence-electron chi connectivity index (χ2n) is 4.05. The van der Waals surface area contributed by atoms with Crippen LogP contribution in [0.4, 0.5) is 5.69 Å². The Balaban J connectivity index is 2.15. The predicted molar refractivity (Wildman–Crippen MR) is 64.9 cm³/mol. The van der Waals surface area contributed by atoms with Gasteiger partial charge in [0.1, 0.15) is 0 Å². The van der Waals surface area contributed by atoms with Gasteiger partial charge in [0.2, 0.25) is 5.91 Å². The smallest absolute Gasteiger partial charge is 0.261 e. The molecule has 3 amide bonds. The molecule has 1 aliphatic heterocycles. The summed E-state index contributed by atoms with van der Waals surface area (Å²) in [7, 11) is 0. The first-order valence-electron chi connectivity index (χ1n) is 5.51. The summed E-state index contributed by atoms with van der Waals surface area (Å²) in [5.41, 5.74) is 6.71. The standard InChI is InChI=1S/C12H13N3O3/c1-7(16)14-4-5-15-11(17)9-3-2-8(13)6-10(9)12(15)18/h2-3,6H,4-5,13H2,1H3,(H,14,16). The van der Waals surface area contributed by atoms with E-state index in [1.165, 1.54) is 13.0 Å². The number of benzene rings is 1. The molecule has 0 spiro atoms. The minimum atomic E-state index is -0.368. The predicted octanol–water partition coefficient (Wildman–Crippen LogP) is 0.000900. The molecule has 1 aliphatic rings. The van der Waals surface area contributed by atoms with Crippen LogP contribution in [0, 0.1) is 0 Å². The van der Waals surface area contributed by atoms with Crippen molar-refractivity contribution >= 4 is 23.4 Å². The van der Waals surface area contributed by atoms with Crippen LogP contribution < -0.4 is 11.1 Å². The number of hydrogen-bond donors (Lipinski definition) is 2. The molecule has 94 valence electrons. The number of rotatable bonds is 3. The van der Waals surface area contributed by atoms with Gasteiger partial charge in [-0.2, -0.15) is 0 Å². The van der Waals surface area contributed by atoms with Gasteiger partial charge in [-0.05, 0) is 18.2 Å². The second-order valence-corrected chi connectivity index (χ2v) is 4.05. The number of nitrogen functional groups attached to an aromatic ring is 1. The van der Waals surface area contributed by atoms with E-state index in [2.05, 4.69) is 5.32 Å². The summed E-state index contributed by atoms with van der Waals surface area (Å²) in [6, 6.07) is 4.62. The normalized spacial score (nSPS) is 13.7. The third-order valence-electron chi connectivity index (χ3n) is 2.70. The average molecular weight is 247 g/mol. The third kappa shape index (κ3) is 2.04. The molecule has 1 aromatic carbocycles. The van der Waals surface area contributed by atoms with E-state index in [9.17, 15) is 14.4 Å². The van der Waals surface area contributed by atoms with Crippen LogP contribution in [-0.2, 0) is 4.79 Å². The van der Waals surface area contributed by atoms with Gasteiger partial charge in [-0.25, -0.2) is 0 Å². The number of nitrogens with two attached hydrogens (primary N) is 1. The first kappa shape index (κ1) is 12.1. The van der Waals surface area contributed by atoms with Crippen molar-refractivity contribution in [3.05, 3.63) is 29.3 Å². The first-order chi connectivity index (χ1) is 8.50. The molecule has 1 aromatic rings. The Morgan fingerprint density at radius 3 is 2.61 bits per heavy atom. The van der Waals surface area contributed by atoms with Crippen molar-refractivity contribution in [3.8, 4) is 0 Å². The summed E-state index contributed by atoms with van der Waals surface area (Å²) >= 11 is 0. The number of amides is 3. The highest BCUT2D eigenvalue weighted by Gasteiger charge is 2.34. The number of carbonyl (C=O) groups is 3. The molecule has 6 nitrogen and oxygen atoms in total. The van der Waals surface area contributed by atoms with Crippen LogP contribution in [0.25, 0.3) is 0 Å². The van der Waals surface area contributed by atoms with Crippen LogP contribution in [0.5, 0.6) is 0 Å². The fourth-order valence-corrected chi connectivity index (χ4v) is 1.86. The summed E-state index contributed by atoms with van der Waals surface area (Å²) in [6.45, 7) is 1.78. The van der Waals surface area contributed by atoms with Crippen LogP contribution in [0.3, 0.4) is 0 Å². The molecular formula is C12H13N3O3. The van der Waals surface area contributed by atoms with Gasteiger partial charge in [-0.1, -0.05) is 0 Å². The van der Waals surface area contributed by atoms with Crippen LogP contribution >= 0.6 is 0 Å². The molecule has 0 fully saturated rings. The highest BCUT2D eigenvalue weighted by atomic mass is 16.2. The molecule has 6 heteroatoms. The zero-order valence-electron chi connectivity index (χ0n) is 9.90. The average Bonchev–Trinajstić information content (AvgIpc) is 2.53. The number of fused-ring (bicyclic) bond motifs is 1. The quantitative estimate of drug-likeness (QED) is 0.581. The van der Waals surface area contributed by atoms with Crippen LogP contribution in [0.15, 0.2) is 18.2 Å². The van der Waals surface area contributed by atoms with Crippen molar-refractivity contribution in [2.45, 2.75) is 6.92 Å². The monoisotopic (exact) mass is 247 g/mol. The third-order valence-corrected chi connectivity index (χ3v) is 2.70. The highest BCUT2D eigenvalue weighted by Crippen LogP contribution is 2.24. The number of imide groups is 1. The summed E-state index contributed by atoms with van der Waals surface area (Å²) in [6.07, 6.45) is 0. The fourth-order valence-electron chi connectivity index (χ4n) is 1.86. The molecule has 0 saturated heterocycles. The summed E-state index contributed by atoms with van der Waals surface area (Å²) in [5, 5.41) is 2.54. The van der Waals surface area contributed by atoms with E-state index >= 15 is 0 Å². The van der Waals surface area contributed by atoms with Crippen molar-refractivity contribution in [1.82, 2.24) is 10.2 Å². The van der Waals surface area contributed by atoms with E-state index in [0.29, 0.717) is 16.8 Å². The van der Waals surface area contributed by atoms with Crippen molar-refractivity contribution in [1.29, 1.82) is 0 Å². The maximum absolute atomic E-state index is 12.0. The molecule has 0 saturated carbocycles. The topological polar surface area (TPSA) is 92.5 Å². The molecule has 0 atom stereocenters. The van der Waals surface area contributed by atoms with E-state index in [0.717, 1.165) is 4.90 Å². The van der Waals surface area contributed by atoms with Gasteiger partial charge in [-0.15, -0.1) is 0 Å². The van der Waals surface area contributed by atoms with Crippen molar-refractivity contribution in [2.24, 2.45) is 0 Å².